The lowest BCUT2D eigenvalue weighted by Crippen LogP contribution is -2.09. The number of carbonyl (C=O) groups excluding carboxylic acids is 1. The first-order chi connectivity index (χ1) is 13.1. The number of rotatable bonds is 4. The van der Waals surface area contributed by atoms with E-state index >= 15 is 0 Å². The van der Waals surface area contributed by atoms with Crippen molar-refractivity contribution in [3.63, 3.8) is 0 Å². The number of hydrogen-bond donors (Lipinski definition) is 0. The Hall–Kier alpha value is -2.63. The van der Waals surface area contributed by atoms with Gasteiger partial charge in [-0.15, -0.1) is 0 Å². The van der Waals surface area contributed by atoms with Gasteiger partial charge in [0.15, 0.2) is 0 Å². The van der Waals surface area contributed by atoms with Gasteiger partial charge in [-0.05, 0) is 30.7 Å². The van der Waals surface area contributed by atoms with Crippen molar-refractivity contribution in [2.45, 2.75) is 13.5 Å². The number of nitrogens with zero attached hydrogens (tertiary/aromatic N) is 1. The maximum atomic E-state index is 12.5. The molecule has 4 rings (SSSR count). The smallest absolute Gasteiger partial charge is 0.339 e. The summed E-state index contributed by atoms with van der Waals surface area (Å²) in [5.74, 6) is -0.471. The van der Waals surface area contributed by atoms with Crippen molar-refractivity contribution in [2.24, 2.45) is 0 Å². The van der Waals surface area contributed by atoms with Crippen LogP contribution >= 0.6 is 22.9 Å². The second-order valence-corrected chi connectivity index (χ2v) is 7.54. The minimum Gasteiger partial charge on any atom is -0.462 e. The predicted molar refractivity (Wildman–Crippen MR) is 110 cm³/mol. The minimum atomic E-state index is -0.471. The average Bonchev–Trinajstić information content (AvgIpc) is 2.97. The van der Waals surface area contributed by atoms with Crippen LogP contribution in [-0.2, 0) is 11.3 Å². The molecule has 2 aromatic heterocycles. The average molecular weight is 398 g/mol. The molecule has 0 radical (unpaired) electrons. The zero-order valence-corrected chi connectivity index (χ0v) is 16.1. The minimum absolute atomic E-state index is 0.175. The van der Waals surface area contributed by atoms with Crippen molar-refractivity contribution in [1.29, 1.82) is 0 Å². The van der Waals surface area contributed by atoms with E-state index in [2.05, 4.69) is 4.57 Å². The van der Waals surface area contributed by atoms with Gasteiger partial charge in [0.25, 0.3) is 0 Å². The van der Waals surface area contributed by atoms with Crippen LogP contribution in [0.1, 0.15) is 22.8 Å². The van der Waals surface area contributed by atoms with Crippen molar-refractivity contribution in [2.75, 3.05) is 6.61 Å². The summed E-state index contributed by atoms with van der Waals surface area (Å²) in [7, 11) is 0. The molecule has 0 aliphatic carbocycles. The third-order valence-corrected chi connectivity index (χ3v) is 5.59. The number of aromatic nitrogens is 1. The molecule has 27 heavy (non-hydrogen) atoms. The number of halogens is 1. The molecule has 0 bridgehead atoms. The molecule has 0 saturated heterocycles. The summed E-state index contributed by atoms with van der Waals surface area (Å²) >= 11 is 7.13. The summed E-state index contributed by atoms with van der Waals surface area (Å²) in [6.07, 6.45) is 0. The fourth-order valence-corrected chi connectivity index (χ4v) is 4.35. The van der Waals surface area contributed by atoms with Gasteiger partial charge in [0.2, 0.25) is 4.74 Å². The molecule has 4 nitrogen and oxygen atoms in total. The highest BCUT2D eigenvalue weighted by atomic mass is 35.5. The number of carbonyl (C=O) groups is 1. The Labute approximate surface area is 164 Å². The normalized spacial score (nSPS) is 11.2. The first-order valence-corrected chi connectivity index (χ1v) is 9.74. The summed E-state index contributed by atoms with van der Waals surface area (Å²) in [6, 6.07) is 16.8. The van der Waals surface area contributed by atoms with E-state index in [1.54, 1.807) is 6.92 Å². The number of benzene rings is 2. The lowest BCUT2D eigenvalue weighted by molar-refractivity contribution is 0.0529. The van der Waals surface area contributed by atoms with Crippen LogP contribution in [0.3, 0.4) is 0 Å². The van der Waals surface area contributed by atoms with Crippen LogP contribution in [0, 0.1) is 0 Å². The van der Waals surface area contributed by atoms with Gasteiger partial charge in [0, 0.05) is 28.4 Å². The summed E-state index contributed by atoms with van der Waals surface area (Å²) in [5.41, 5.74) is 2.35. The fraction of sp³-hybridized carbons (Fsp3) is 0.143. The highest BCUT2D eigenvalue weighted by molar-refractivity contribution is 7.16. The second kappa shape index (κ2) is 7.18. The van der Waals surface area contributed by atoms with Crippen LogP contribution in [0.5, 0.6) is 0 Å². The fourth-order valence-electron chi connectivity index (χ4n) is 3.26. The third-order valence-electron chi connectivity index (χ3n) is 4.40. The molecule has 0 unspecified atom stereocenters. The van der Waals surface area contributed by atoms with Crippen molar-refractivity contribution in [3.8, 4) is 0 Å². The lowest BCUT2D eigenvalue weighted by atomic mass is 10.1. The summed E-state index contributed by atoms with van der Waals surface area (Å²) in [6.45, 7) is 2.59. The van der Waals surface area contributed by atoms with Gasteiger partial charge in [-0.1, -0.05) is 53.3 Å². The second-order valence-electron chi connectivity index (χ2n) is 6.11. The van der Waals surface area contributed by atoms with Gasteiger partial charge < -0.3 is 9.30 Å². The van der Waals surface area contributed by atoms with Crippen molar-refractivity contribution < 1.29 is 9.53 Å². The van der Waals surface area contributed by atoms with E-state index in [1.165, 1.54) is 6.07 Å². The van der Waals surface area contributed by atoms with Crippen LogP contribution in [0.4, 0.5) is 0 Å². The monoisotopic (exact) mass is 397 g/mol. The van der Waals surface area contributed by atoms with Crippen molar-refractivity contribution >= 4 is 50.0 Å². The number of fused-ring (bicyclic) bond motifs is 3. The Morgan fingerprint density at radius 2 is 1.89 bits per heavy atom. The maximum Gasteiger partial charge on any atom is 0.339 e. The summed E-state index contributed by atoms with van der Waals surface area (Å²) in [5, 5.41) is 2.37. The molecule has 0 N–H and O–H groups in total. The van der Waals surface area contributed by atoms with E-state index in [9.17, 15) is 9.59 Å². The maximum absolute atomic E-state index is 12.5. The van der Waals surface area contributed by atoms with E-state index < -0.39 is 5.97 Å². The van der Waals surface area contributed by atoms with E-state index in [0.29, 0.717) is 17.1 Å². The molecule has 0 saturated carbocycles. The van der Waals surface area contributed by atoms with Crippen molar-refractivity contribution in [1.82, 2.24) is 4.57 Å². The molecule has 0 amide bonds. The highest BCUT2D eigenvalue weighted by Gasteiger charge is 2.20. The molecule has 2 aromatic carbocycles. The predicted octanol–water partition coefficient (Wildman–Crippen LogP) is 5.09. The molecule has 6 heteroatoms. The zero-order chi connectivity index (χ0) is 19.0. The highest BCUT2D eigenvalue weighted by Crippen LogP contribution is 2.33. The van der Waals surface area contributed by atoms with E-state index in [4.69, 9.17) is 16.3 Å². The summed E-state index contributed by atoms with van der Waals surface area (Å²) < 4.78 is 7.08. The number of esters is 1. The molecule has 0 spiro atoms. The number of para-hydroxylation sites is 1. The first kappa shape index (κ1) is 17.8. The molecule has 4 aromatic rings. The van der Waals surface area contributed by atoms with E-state index in [-0.39, 0.29) is 11.3 Å². The molecule has 0 aliphatic rings. The van der Waals surface area contributed by atoms with Crippen molar-refractivity contribution in [3.05, 3.63) is 80.3 Å². The lowest BCUT2D eigenvalue weighted by Gasteiger charge is -2.08. The van der Waals surface area contributed by atoms with Gasteiger partial charge in [-0.2, -0.15) is 0 Å². The SMILES string of the molecule is CCOC(=O)c1cc(=O)sc2c1c1ccccc1n2Cc1ccc(Cl)cc1. The van der Waals surface area contributed by atoms with Crippen LogP contribution in [0.2, 0.25) is 5.02 Å². The summed E-state index contributed by atoms with van der Waals surface area (Å²) in [4.78, 5) is 25.6. The van der Waals surface area contributed by atoms with Gasteiger partial charge in [0.05, 0.1) is 17.7 Å². The Kier molecular flexibility index (Phi) is 4.72. The number of ether oxygens (including phenoxy) is 1. The van der Waals surface area contributed by atoms with Crippen LogP contribution in [-0.4, -0.2) is 17.1 Å². The van der Waals surface area contributed by atoms with Gasteiger partial charge in [-0.3, -0.25) is 4.79 Å². The van der Waals surface area contributed by atoms with Gasteiger partial charge in [0.1, 0.15) is 4.83 Å². The largest absolute Gasteiger partial charge is 0.462 e. The van der Waals surface area contributed by atoms with Gasteiger partial charge in [-0.25, -0.2) is 4.79 Å². The molecule has 0 atom stereocenters. The van der Waals surface area contributed by atoms with Gasteiger partial charge >= 0.3 is 5.97 Å². The number of hydrogen-bond acceptors (Lipinski definition) is 4. The van der Waals surface area contributed by atoms with Crippen LogP contribution in [0.25, 0.3) is 21.1 Å². The van der Waals surface area contributed by atoms with Crippen LogP contribution < -0.4 is 4.74 Å². The first-order valence-electron chi connectivity index (χ1n) is 8.55. The Morgan fingerprint density at radius 1 is 1.15 bits per heavy atom. The molecule has 136 valence electrons. The molecular weight excluding hydrogens is 382 g/mol. The Morgan fingerprint density at radius 3 is 2.63 bits per heavy atom. The third kappa shape index (κ3) is 3.24. The van der Waals surface area contributed by atoms with Crippen LogP contribution in [0.15, 0.2) is 59.4 Å². The topological polar surface area (TPSA) is 48.3 Å². The van der Waals surface area contributed by atoms with E-state index in [0.717, 1.165) is 38.0 Å². The standard InChI is InChI=1S/C21H16ClNO3S/c1-2-26-21(25)16-11-18(24)27-20-19(16)15-5-3-4-6-17(15)23(20)12-13-7-9-14(22)10-8-13/h3-11H,2,12H2,1H3. The molecular formula is C21H16ClNO3S. The molecule has 0 fully saturated rings. The van der Waals surface area contributed by atoms with E-state index in [1.807, 2.05) is 48.5 Å². The Bertz CT molecular complexity index is 1210. The Balaban J connectivity index is 2.01. The molecule has 0 aliphatic heterocycles. The quantitative estimate of drug-likeness (QED) is 0.450. The molecule has 2 heterocycles. The zero-order valence-electron chi connectivity index (χ0n) is 14.6.